The number of amides is 1. The number of aromatic nitrogens is 2. The van der Waals surface area contributed by atoms with E-state index >= 15 is 0 Å². The molecule has 0 unspecified atom stereocenters. The van der Waals surface area contributed by atoms with Gasteiger partial charge in [0.05, 0.1) is 11.1 Å². The van der Waals surface area contributed by atoms with E-state index in [4.69, 9.17) is 0 Å². The Labute approximate surface area is 232 Å². The summed E-state index contributed by atoms with van der Waals surface area (Å²) < 4.78 is 80.3. The molecular weight excluding hydrogens is 548 g/mol. The van der Waals surface area contributed by atoms with Crippen molar-refractivity contribution in [2.45, 2.75) is 18.9 Å². The molecule has 1 amide bonds. The van der Waals surface area contributed by atoms with E-state index in [1.807, 2.05) is 49.3 Å². The number of likely N-dealkylation sites (N-methyl/N-ethyl adjacent to an activating group) is 1. The summed E-state index contributed by atoms with van der Waals surface area (Å²) in [6.07, 6.45) is -8.51. The number of carbonyl (C=O) groups is 1. The lowest BCUT2D eigenvalue weighted by Crippen LogP contribution is -2.29. The highest BCUT2D eigenvalue weighted by atomic mass is 19.4. The number of halogens is 6. The molecule has 0 aliphatic rings. The van der Waals surface area contributed by atoms with Gasteiger partial charge in [0.15, 0.2) is 0 Å². The molecule has 6 nitrogen and oxygen atoms in total. The van der Waals surface area contributed by atoms with E-state index in [1.165, 1.54) is 13.2 Å². The van der Waals surface area contributed by atoms with Crippen LogP contribution in [0.15, 0.2) is 66.9 Å². The third-order valence-corrected chi connectivity index (χ3v) is 6.33. The van der Waals surface area contributed by atoms with Crippen LogP contribution in [0, 0.1) is 0 Å². The van der Waals surface area contributed by atoms with Crippen LogP contribution in [0.1, 0.15) is 27.2 Å². The lowest BCUT2D eigenvalue weighted by molar-refractivity contribution is -0.143. The molecule has 0 aliphatic heterocycles. The zero-order valence-electron chi connectivity index (χ0n) is 22.4. The number of nitrogens with zero attached hydrogens (tertiary/aromatic N) is 4. The van der Waals surface area contributed by atoms with Gasteiger partial charge in [-0.05, 0) is 54.2 Å². The average Bonchev–Trinajstić information content (AvgIpc) is 2.91. The Morgan fingerprint density at radius 3 is 2.12 bits per heavy atom. The van der Waals surface area contributed by atoms with Crippen LogP contribution in [-0.2, 0) is 18.9 Å². The van der Waals surface area contributed by atoms with E-state index in [2.05, 4.69) is 15.3 Å². The number of benzene rings is 3. The zero-order chi connectivity index (χ0) is 29.9. The van der Waals surface area contributed by atoms with Gasteiger partial charge in [0.2, 0.25) is 5.95 Å². The topological polar surface area (TPSA) is 61.4 Å². The first-order valence-corrected chi connectivity index (χ1v) is 12.5. The van der Waals surface area contributed by atoms with Crippen LogP contribution >= 0.6 is 0 Å². The number of rotatable bonds is 8. The number of hydrogen-bond donors (Lipinski definition) is 1. The molecule has 12 heteroatoms. The summed E-state index contributed by atoms with van der Waals surface area (Å²) >= 11 is 0. The van der Waals surface area contributed by atoms with Crippen LogP contribution in [-0.4, -0.2) is 59.9 Å². The highest BCUT2D eigenvalue weighted by molar-refractivity contribution is 6.04. The average molecular weight is 576 g/mol. The number of nitrogens with one attached hydrogen (secondary N) is 1. The Balaban J connectivity index is 1.75. The maximum absolute atomic E-state index is 13.7. The van der Waals surface area contributed by atoms with Crippen molar-refractivity contribution >= 4 is 22.6 Å². The molecule has 0 saturated heterocycles. The zero-order valence-corrected chi connectivity index (χ0v) is 22.4. The largest absolute Gasteiger partial charge is 0.416 e. The van der Waals surface area contributed by atoms with Crippen LogP contribution in [0.2, 0.25) is 0 Å². The lowest BCUT2D eigenvalue weighted by atomic mass is 9.97. The van der Waals surface area contributed by atoms with E-state index in [-0.39, 0.29) is 23.3 Å². The molecule has 0 spiro atoms. The van der Waals surface area contributed by atoms with Crippen molar-refractivity contribution in [2.75, 3.05) is 39.5 Å². The van der Waals surface area contributed by atoms with Gasteiger partial charge in [-0.3, -0.25) is 4.79 Å². The van der Waals surface area contributed by atoms with Gasteiger partial charge in [0.1, 0.15) is 5.69 Å². The Morgan fingerprint density at radius 2 is 1.49 bits per heavy atom. The Morgan fingerprint density at radius 1 is 0.854 bits per heavy atom. The number of fused-ring (bicyclic) bond motifs is 1. The maximum atomic E-state index is 13.7. The summed E-state index contributed by atoms with van der Waals surface area (Å²) in [5, 5.41) is 4.75. The fraction of sp³-hybridized carbons (Fsp3) is 0.276. The van der Waals surface area contributed by atoms with E-state index in [0.29, 0.717) is 36.3 Å². The van der Waals surface area contributed by atoms with Crippen molar-refractivity contribution < 1.29 is 31.1 Å². The van der Waals surface area contributed by atoms with Crippen LogP contribution in [0.25, 0.3) is 21.9 Å². The molecule has 216 valence electrons. The number of carbonyl (C=O) groups excluding carboxylic acids is 1. The Hall–Kier alpha value is -4.19. The molecule has 1 aromatic heterocycles. The Bertz CT molecular complexity index is 1510. The summed E-state index contributed by atoms with van der Waals surface area (Å²) in [4.78, 5) is 25.5. The third kappa shape index (κ3) is 7.12. The second kappa shape index (κ2) is 11.7. The number of hydrogen-bond acceptors (Lipinski definition) is 5. The standard InChI is InChI=1S/C29H27F6N5O/c1-39(2)12-11-36-27-37-16-24(23-10-6-8-19-7-4-5-9-22(19)23)25(38-27)26(41)40(3)17-18-13-20(28(30,31)32)15-21(14-18)29(33,34)35/h4-10,13-16H,11-12,17H2,1-3H3,(H,36,37,38). The van der Waals surface area contributed by atoms with E-state index in [9.17, 15) is 31.1 Å². The van der Waals surface area contributed by atoms with Gasteiger partial charge in [-0.2, -0.15) is 26.3 Å². The molecule has 4 aromatic rings. The summed E-state index contributed by atoms with van der Waals surface area (Å²) in [6, 6.07) is 14.2. The van der Waals surface area contributed by atoms with E-state index < -0.39 is 35.9 Å². The molecule has 0 radical (unpaired) electrons. The first-order valence-electron chi connectivity index (χ1n) is 12.5. The molecule has 3 aromatic carbocycles. The highest BCUT2D eigenvalue weighted by Gasteiger charge is 2.37. The van der Waals surface area contributed by atoms with Gasteiger partial charge in [-0.25, -0.2) is 9.97 Å². The van der Waals surface area contributed by atoms with Crippen molar-refractivity contribution in [3.8, 4) is 11.1 Å². The molecule has 0 fully saturated rings. The summed E-state index contributed by atoms with van der Waals surface area (Å²) in [5.41, 5.74) is -2.25. The normalized spacial score (nSPS) is 12.1. The lowest BCUT2D eigenvalue weighted by Gasteiger charge is -2.21. The fourth-order valence-electron chi connectivity index (χ4n) is 4.32. The minimum absolute atomic E-state index is 0.0470. The van der Waals surface area contributed by atoms with E-state index in [1.54, 1.807) is 12.1 Å². The van der Waals surface area contributed by atoms with Crippen molar-refractivity contribution in [3.05, 3.63) is 89.2 Å². The second-order valence-corrected chi connectivity index (χ2v) is 9.79. The van der Waals surface area contributed by atoms with Crippen LogP contribution in [0.3, 0.4) is 0 Å². The van der Waals surface area contributed by atoms with Crippen molar-refractivity contribution in [3.63, 3.8) is 0 Å². The smallest absolute Gasteiger partial charge is 0.353 e. The molecule has 0 bridgehead atoms. The fourth-order valence-corrected chi connectivity index (χ4v) is 4.32. The van der Waals surface area contributed by atoms with Crippen LogP contribution in [0.4, 0.5) is 32.3 Å². The number of alkyl halides is 6. The van der Waals surface area contributed by atoms with Gasteiger partial charge in [0, 0.05) is 38.4 Å². The summed E-state index contributed by atoms with van der Waals surface area (Å²) in [6.45, 7) is 0.595. The summed E-state index contributed by atoms with van der Waals surface area (Å²) in [5.74, 6) is -0.539. The predicted molar refractivity (Wildman–Crippen MR) is 144 cm³/mol. The second-order valence-electron chi connectivity index (χ2n) is 9.79. The quantitative estimate of drug-likeness (QED) is 0.241. The first kappa shape index (κ1) is 29.8. The molecule has 4 rings (SSSR count). The highest BCUT2D eigenvalue weighted by Crippen LogP contribution is 2.37. The van der Waals surface area contributed by atoms with Crippen molar-refractivity contribution in [2.24, 2.45) is 0 Å². The SMILES string of the molecule is CN(C)CCNc1ncc(-c2cccc3ccccc23)c(C(=O)N(C)Cc2cc(C(F)(F)F)cc(C(F)(F)F)c2)n1. The maximum Gasteiger partial charge on any atom is 0.416 e. The third-order valence-electron chi connectivity index (χ3n) is 6.33. The monoisotopic (exact) mass is 575 g/mol. The minimum atomic E-state index is -5.00. The van der Waals surface area contributed by atoms with Gasteiger partial charge >= 0.3 is 12.4 Å². The van der Waals surface area contributed by atoms with Gasteiger partial charge in [-0.1, -0.05) is 42.5 Å². The van der Waals surface area contributed by atoms with Crippen LogP contribution in [0.5, 0.6) is 0 Å². The molecule has 41 heavy (non-hydrogen) atoms. The predicted octanol–water partition coefficient (Wildman–Crippen LogP) is 6.58. The molecule has 0 saturated carbocycles. The summed E-state index contributed by atoms with van der Waals surface area (Å²) in [7, 11) is 5.06. The Kier molecular flexibility index (Phi) is 8.52. The number of anilines is 1. The van der Waals surface area contributed by atoms with E-state index in [0.717, 1.165) is 15.7 Å². The van der Waals surface area contributed by atoms with Gasteiger partial charge in [-0.15, -0.1) is 0 Å². The molecule has 0 atom stereocenters. The molecule has 1 N–H and O–H groups in total. The molecule has 0 aliphatic carbocycles. The molecular formula is C29H27F6N5O. The molecule has 1 heterocycles. The minimum Gasteiger partial charge on any atom is -0.353 e. The van der Waals surface area contributed by atoms with Crippen molar-refractivity contribution in [1.82, 2.24) is 19.8 Å². The van der Waals surface area contributed by atoms with Gasteiger partial charge < -0.3 is 15.1 Å². The first-order chi connectivity index (χ1) is 19.2. The van der Waals surface area contributed by atoms with Crippen molar-refractivity contribution in [1.29, 1.82) is 0 Å². The van der Waals surface area contributed by atoms with Crippen LogP contribution < -0.4 is 5.32 Å². The van der Waals surface area contributed by atoms with Gasteiger partial charge in [0.25, 0.3) is 5.91 Å².